The smallest absolute Gasteiger partial charge is 0.225 e. The van der Waals surface area contributed by atoms with Crippen LogP contribution in [0.2, 0.25) is 0 Å². The van der Waals surface area contributed by atoms with Crippen molar-refractivity contribution in [3.63, 3.8) is 0 Å². The van der Waals surface area contributed by atoms with Crippen LogP contribution >= 0.6 is 0 Å². The molecule has 6 nitrogen and oxygen atoms in total. The number of hydrogen-bond acceptors (Lipinski definition) is 5. The predicted molar refractivity (Wildman–Crippen MR) is 114 cm³/mol. The maximum absolute atomic E-state index is 13.1. The van der Waals surface area contributed by atoms with E-state index >= 15 is 0 Å². The average molecular weight is 413 g/mol. The highest BCUT2D eigenvalue weighted by atomic mass is 19.1. The number of carbonyl (C=O) groups excluding carboxylic acids is 1. The van der Waals surface area contributed by atoms with Crippen LogP contribution in [-0.4, -0.2) is 63.4 Å². The number of nitrogens with zero attached hydrogens (tertiary/aromatic N) is 2. The third-order valence-electron chi connectivity index (χ3n) is 5.57. The van der Waals surface area contributed by atoms with Gasteiger partial charge in [0.25, 0.3) is 0 Å². The molecule has 2 aliphatic heterocycles. The molecule has 0 aromatic heterocycles. The molecule has 2 aromatic rings. The molecule has 2 heterocycles. The van der Waals surface area contributed by atoms with E-state index < -0.39 is 0 Å². The van der Waals surface area contributed by atoms with Gasteiger partial charge in [-0.15, -0.1) is 0 Å². The average Bonchev–Trinajstić information content (AvgIpc) is 2.79. The summed E-state index contributed by atoms with van der Waals surface area (Å²) in [6.07, 6.45) is 0.330. The zero-order valence-electron chi connectivity index (χ0n) is 17.1. The number of rotatable bonds is 6. The molecular weight excluding hydrogens is 385 g/mol. The minimum Gasteiger partial charge on any atom is -0.378 e. The van der Waals surface area contributed by atoms with E-state index in [1.54, 1.807) is 12.1 Å². The lowest BCUT2D eigenvalue weighted by molar-refractivity contribution is -0.117. The molecule has 160 valence electrons. The van der Waals surface area contributed by atoms with Gasteiger partial charge in [0.15, 0.2) is 0 Å². The molecule has 30 heavy (non-hydrogen) atoms. The third-order valence-corrected chi connectivity index (χ3v) is 5.57. The Bertz CT molecular complexity index is 823. The fourth-order valence-electron chi connectivity index (χ4n) is 3.84. The van der Waals surface area contributed by atoms with E-state index in [2.05, 4.69) is 15.1 Å². The highest BCUT2D eigenvalue weighted by Gasteiger charge is 2.22. The molecular formula is C23H28FN3O3. The van der Waals surface area contributed by atoms with Gasteiger partial charge in [0.2, 0.25) is 5.91 Å². The Morgan fingerprint density at radius 3 is 2.47 bits per heavy atom. The molecule has 1 unspecified atom stereocenters. The van der Waals surface area contributed by atoms with Crippen molar-refractivity contribution in [2.24, 2.45) is 0 Å². The summed E-state index contributed by atoms with van der Waals surface area (Å²) in [4.78, 5) is 16.9. The van der Waals surface area contributed by atoms with Crippen LogP contribution in [0.4, 0.5) is 15.8 Å². The minimum atomic E-state index is -0.249. The Morgan fingerprint density at radius 1 is 1.00 bits per heavy atom. The maximum Gasteiger partial charge on any atom is 0.225 e. The van der Waals surface area contributed by atoms with Gasteiger partial charge in [0.1, 0.15) is 5.82 Å². The number of morpholine rings is 2. The first-order valence-corrected chi connectivity index (χ1v) is 10.5. The SMILES string of the molecule is O=C(CCN1CCOC(c2ccc(F)cc2)C1)Nc1ccc(N2CCOCC2)cc1. The number of ether oxygens (including phenoxy) is 2. The molecule has 4 rings (SSSR count). The number of nitrogens with one attached hydrogen (secondary N) is 1. The summed E-state index contributed by atoms with van der Waals surface area (Å²) < 4.78 is 24.3. The van der Waals surface area contributed by atoms with Crippen LogP contribution in [0.25, 0.3) is 0 Å². The van der Waals surface area contributed by atoms with Crippen molar-refractivity contribution in [1.29, 1.82) is 0 Å². The van der Waals surface area contributed by atoms with Crippen molar-refractivity contribution < 1.29 is 18.7 Å². The van der Waals surface area contributed by atoms with Gasteiger partial charge in [0, 0.05) is 50.5 Å². The maximum atomic E-state index is 13.1. The zero-order valence-corrected chi connectivity index (χ0v) is 17.1. The van der Waals surface area contributed by atoms with E-state index in [1.807, 2.05) is 24.3 Å². The van der Waals surface area contributed by atoms with Gasteiger partial charge in [-0.05, 0) is 42.0 Å². The second kappa shape index (κ2) is 10.0. The lowest BCUT2D eigenvalue weighted by Crippen LogP contribution is -2.39. The molecule has 1 amide bonds. The second-order valence-corrected chi connectivity index (χ2v) is 7.66. The molecule has 2 aliphatic rings. The van der Waals surface area contributed by atoms with Crippen molar-refractivity contribution in [1.82, 2.24) is 4.90 Å². The quantitative estimate of drug-likeness (QED) is 0.789. The summed E-state index contributed by atoms with van der Waals surface area (Å²) in [5, 5.41) is 2.98. The Morgan fingerprint density at radius 2 is 1.73 bits per heavy atom. The summed E-state index contributed by atoms with van der Waals surface area (Å²) in [5.74, 6) is -0.250. The van der Waals surface area contributed by atoms with Gasteiger partial charge in [-0.2, -0.15) is 0 Å². The zero-order chi connectivity index (χ0) is 20.8. The van der Waals surface area contributed by atoms with E-state index in [0.717, 1.165) is 49.8 Å². The van der Waals surface area contributed by atoms with Crippen molar-refractivity contribution in [2.75, 3.05) is 62.8 Å². The van der Waals surface area contributed by atoms with Gasteiger partial charge in [-0.25, -0.2) is 4.39 Å². The molecule has 0 spiro atoms. The molecule has 0 radical (unpaired) electrons. The number of anilines is 2. The molecule has 2 aromatic carbocycles. The molecule has 0 aliphatic carbocycles. The van der Waals surface area contributed by atoms with Gasteiger partial charge >= 0.3 is 0 Å². The Balaban J connectivity index is 1.23. The first-order valence-electron chi connectivity index (χ1n) is 10.5. The van der Waals surface area contributed by atoms with E-state index in [9.17, 15) is 9.18 Å². The number of amides is 1. The van der Waals surface area contributed by atoms with Crippen LogP contribution in [-0.2, 0) is 14.3 Å². The highest BCUT2D eigenvalue weighted by Crippen LogP contribution is 2.23. The summed E-state index contributed by atoms with van der Waals surface area (Å²) in [5.41, 5.74) is 2.92. The number of halogens is 1. The summed E-state index contributed by atoms with van der Waals surface area (Å²) >= 11 is 0. The molecule has 2 saturated heterocycles. The van der Waals surface area contributed by atoms with Crippen molar-refractivity contribution in [3.05, 3.63) is 59.9 Å². The molecule has 1 N–H and O–H groups in total. The van der Waals surface area contributed by atoms with Gasteiger partial charge in [0.05, 0.1) is 25.9 Å². The van der Waals surface area contributed by atoms with Crippen LogP contribution in [0.5, 0.6) is 0 Å². The van der Waals surface area contributed by atoms with Crippen LogP contribution < -0.4 is 10.2 Å². The lowest BCUT2D eigenvalue weighted by atomic mass is 10.1. The molecule has 0 saturated carbocycles. The van der Waals surface area contributed by atoms with Gasteiger partial charge in [-0.3, -0.25) is 9.69 Å². The monoisotopic (exact) mass is 413 g/mol. The fraction of sp³-hybridized carbons (Fsp3) is 0.435. The molecule has 1 atom stereocenters. The summed E-state index contributed by atoms with van der Waals surface area (Å²) in [7, 11) is 0. The number of carbonyl (C=O) groups is 1. The first-order chi connectivity index (χ1) is 14.7. The number of hydrogen-bond donors (Lipinski definition) is 1. The van der Waals surface area contributed by atoms with Crippen LogP contribution in [0.3, 0.4) is 0 Å². The lowest BCUT2D eigenvalue weighted by Gasteiger charge is -2.33. The Hall–Kier alpha value is -2.48. The van der Waals surface area contributed by atoms with E-state index in [0.29, 0.717) is 26.1 Å². The highest BCUT2D eigenvalue weighted by molar-refractivity contribution is 5.91. The number of benzene rings is 2. The van der Waals surface area contributed by atoms with Crippen molar-refractivity contribution in [2.45, 2.75) is 12.5 Å². The van der Waals surface area contributed by atoms with E-state index in [-0.39, 0.29) is 17.8 Å². The van der Waals surface area contributed by atoms with Crippen LogP contribution in [0.1, 0.15) is 18.1 Å². The van der Waals surface area contributed by atoms with Crippen LogP contribution in [0.15, 0.2) is 48.5 Å². The van der Waals surface area contributed by atoms with Crippen molar-refractivity contribution in [3.8, 4) is 0 Å². The van der Waals surface area contributed by atoms with Gasteiger partial charge in [-0.1, -0.05) is 12.1 Å². The normalized spacial score (nSPS) is 20.2. The van der Waals surface area contributed by atoms with E-state index in [4.69, 9.17) is 9.47 Å². The summed E-state index contributed by atoms with van der Waals surface area (Å²) in [6.45, 7) is 6.05. The van der Waals surface area contributed by atoms with Crippen LogP contribution in [0, 0.1) is 5.82 Å². The third kappa shape index (κ3) is 5.56. The standard InChI is InChI=1S/C23H28FN3O3/c24-19-3-1-18(2-4-19)22-17-26(11-16-30-22)10-9-23(28)25-20-5-7-21(8-6-20)27-12-14-29-15-13-27/h1-8,22H,9-17H2,(H,25,28). The first kappa shape index (κ1) is 20.8. The Kier molecular flexibility index (Phi) is 6.94. The largest absolute Gasteiger partial charge is 0.378 e. The molecule has 7 heteroatoms. The fourth-order valence-corrected chi connectivity index (χ4v) is 3.84. The van der Waals surface area contributed by atoms with Crippen molar-refractivity contribution >= 4 is 17.3 Å². The molecule has 2 fully saturated rings. The van der Waals surface area contributed by atoms with E-state index in [1.165, 1.54) is 12.1 Å². The second-order valence-electron chi connectivity index (χ2n) is 7.66. The predicted octanol–water partition coefficient (Wildman–Crippen LogP) is 3.06. The van der Waals surface area contributed by atoms with Gasteiger partial charge < -0.3 is 19.7 Å². The topological polar surface area (TPSA) is 54.0 Å². The molecule has 0 bridgehead atoms. The minimum absolute atomic E-state index is 0.000975. The Labute approximate surface area is 176 Å². The summed E-state index contributed by atoms with van der Waals surface area (Å²) in [6, 6.07) is 14.4.